The lowest BCUT2D eigenvalue weighted by Gasteiger charge is -2.20. The highest BCUT2D eigenvalue weighted by Crippen LogP contribution is 2.31. The van der Waals surface area contributed by atoms with Gasteiger partial charge in [-0.05, 0) is 18.1 Å². The Bertz CT molecular complexity index is 418. The van der Waals surface area contributed by atoms with E-state index >= 15 is 0 Å². The lowest BCUT2D eigenvalue weighted by atomic mass is 10.1. The first-order chi connectivity index (χ1) is 6.83. The van der Waals surface area contributed by atoms with E-state index in [9.17, 15) is 4.79 Å². The minimum absolute atomic E-state index is 0.342. The monoisotopic (exact) mass is 187 g/mol. The second-order valence-corrected chi connectivity index (χ2v) is 2.93. The standard InChI is InChI=1S/C11H9NO2/c1-2-10(13)8-4-3-5-9-11(8)14-7-6-12-9/h1,3-5,12H,6-7H2. The van der Waals surface area contributed by atoms with E-state index in [2.05, 4.69) is 11.2 Å². The third-order valence-electron chi connectivity index (χ3n) is 2.05. The number of carbonyl (C=O) groups is 1. The van der Waals surface area contributed by atoms with Crippen molar-refractivity contribution in [2.75, 3.05) is 18.5 Å². The van der Waals surface area contributed by atoms with Gasteiger partial charge in [0.2, 0.25) is 5.78 Å². The summed E-state index contributed by atoms with van der Waals surface area (Å²) >= 11 is 0. The van der Waals surface area contributed by atoms with Gasteiger partial charge in [0.15, 0.2) is 5.75 Å². The van der Waals surface area contributed by atoms with Gasteiger partial charge in [-0.15, -0.1) is 6.42 Å². The van der Waals surface area contributed by atoms with E-state index in [0.717, 1.165) is 12.2 Å². The van der Waals surface area contributed by atoms with Crippen LogP contribution in [0.15, 0.2) is 18.2 Å². The number of benzene rings is 1. The molecule has 1 aliphatic rings. The van der Waals surface area contributed by atoms with Gasteiger partial charge in [0, 0.05) is 6.54 Å². The van der Waals surface area contributed by atoms with E-state index in [4.69, 9.17) is 11.2 Å². The molecule has 1 aromatic rings. The van der Waals surface area contributed by atoms with Crippen LogP contribution in [0.25, 0.3) is 0 Å². The van der Waals surface area contributed by atoms with Crippen LogP contribution < -0.4 is 10.1 Å². The topological polar surface area (TPSA) is 38.3 Å². The second kappa shape index (κ2) is 3.43. The van der Waals surface area contributed by atoms with Crippen molar-refractivity contribution in [2.24, 2.45) is 0 Å². The molecule has 0 bridgehead atoms. The molecule has 1 N–H and O–H groups in total. The molecule has 0 fully saturated rings. The Morgan fingerprint density at radius 3 is 3.21 bits per heavy atom. The Balaban J connectivity index is 2.51. The van der Waals surface area contributed by atoms with Crippen LogP contribution in [-0.4, -0.2) is 18.9 Å². The fraction of sp³-hybridized carbons (Fsp3) is 0.182. The summed E-state index contributed by atoms with van der Waals surface area (Å²) in [4.78, 5) is 11.3. The van der Waals surface area contributed by atoms with Crippen LogP contribution in [0.3, 0.4) is 0 Å². The van der Waals surface area contributed by atoms with Crippen LogP contribution in [0.5, 0.6) is 5.75 Å². The highest BCUT2D eigenvalue weighted by atomic mass is 16.5. The van der Waals surface area contributed by atoms with Crippen molar-refractivity contribution in [1.29, 1.82) is 0 Å². The maximum atomic E-state index is 11.3. The van der Waals surface area contributed by atoms with Crippen LogP contribution in [-0.2, 0) is 0 Å². The van der Waals surface area contributed by atoms with Crippen molar-refractivity contribution in [1.82, 2.24) is 0 Å². The van der Waals surface area contributed by atoms with Gasteiger partial charge in [0.05, 0.1) is 11.3 Å². The largest absolute Gasteiger partial charge is 0.489 e. The summed E-state index contributed by atoms with van der Waals surface area (Å²) in [6.45, 7) is 1.31. The number of terminal acetylenes is 1. The number of ketones is 1. The molecule has 0 atom stereocenters. The average molecular weight is 187 g/mol. The molecule has 1 aliphatic heterocycles. The summed E-state index contributed by atoms with van der Waals surface area (Å²) in [6, 6.07) is 5.32. The fourth-order valence-corrected chi connectivity index (χ4v) is 1.43. The number of hydrogen-bond acceptors (Lipinski definition) is 3. The molecule has 0 saturated carbocycles. The minimum atomic E-state index is -0.342. The van der Waals surface area contributed by atoms with E-state index in [1.54, 1.807) is 12.1 Å². The summed E-state index contributed by atoms with van der Waals surface area (Å²) in [5.41, 5.74) is 1.29. The Morgan fingerprint density at radius 1 is 1.57 bits per heavy atom. The van der Waals surface area contributed by atoms with Gasteiger partial charge in [-0.25, -0.2) is 0 Å². The van der Waals surface area contributed by atoms with E-state index in [0.29, 0.717) is 17.9 Å². The molecule has 3 nitrogen and oxygen atoms in total. The molecule has 0 aromatic heterocycles. The van der Waals surface area contributed by atoms with E-state index < -0.39 is 0 Å². The Labute approximate surface area is 82.1 Å². The highest BCUT2D eigenvalue weighted by Gasteiger charge is 2.17. The zero-order valence-electron chi connectivity index (χ0n) is 7.54. The van der Waals surface area contributed by atoms with Crippen LogP contribution >= 0.6 is 0 Å². The number of para-hydroxylation sites is 1. The summed E-state index contributed by atoms with van der Waals surface area (Å²) in [7, 11) is 0. The third kappa shape index (κ3) is 1.31. The molecule has 0 unspecified atom stereocenters. The molecule has 2 rings (SSSR count). The molecule has 1 aromatic carbocycles. The SMILES string of the molecule is C#CC(=O)c1cccc2c1OCCN2. The number of rotatable bonds is 1. The lowest BCUT2D eigenvalue weighted by Crippen LogP contribution is -2.19. The van der Waals surface area contributed by atoms with Gasteiger partial charge in [-0.3, -0.25) is 4.79 Å². The smallest absolute Gasteiger partial charge is 0.239 e. The van der Waals surface area contributed by atoms with Crippen molar-refractivity contribution in [3.05, 3.63) is 23.8 Å². The highest BCUT2D eigenvalue weighted by molar-refractivity contribution is 6.11. The van der Waals surface area contributed by atoms with Gasteiger partial charge < -0.3 is 10.1 Å². The summed E-state index contributed by atoms with van der Waals surface area (Å²) < 4.78 is 5.40. The maximum Gasteiger partial charge on any atom is 0.239 e. The van der Waals surface area contributed by atoms with Gasteiger partial charge in [-0.1, -0.05) is 6.07 Å². The van der Waals surface area contributed by atoms with Crippen molar-refractivity contribution in [3.63, 3.8) is 0 Å². The predicted octanol–water partition coefficient (Wildman–Crippen LogP) is 1.31. The number of carbonyl (C=O) groups excluding carboxylic acids is 1. The molecule has 0 aliphatic carbocycles. The van der Waals surface area contributed by atoms with E-state index in [1.165, 1.54) is 0 Å². The minimum Gasteiger partial charge on any atom is -0.489 e. The zero-order chi connectivity index (χ0) is 9.97. The molecule has 3 heteroatoms. The Hall–Kier alpha value is -1.95. The summed E-state index contributed by atoms with van der Waals surface area (Å²) in [6.07, 6.45) is 5.06. The van der Waals surface area contributed by atoms with Crippen LogP contribution in [0.1, 0.15) is 10.4 Å². The van der Waals surface area contributed by atoms with E-state index in [1.807, 2.05) is 6.07 Å². The normalized spacial score (nSPS) is 13.1. The quantitative estimate of drug-likeness (QED) is 0.409. The molecule has 0 saturated heterocycles. The van der Waals surface area contributed by atoms with Crippen molar-refractivity contribution in [3.8, 4) is 18.1 Å². The Kier molecular flexibility index (Phi) is 2.11. The molecule has 1 heterocycles. The average Bonchev–Trinajstić information content (AvgIpc) is 2.27. The van der Waals surface area contributed by atoms with Crippen LogP contribution in [0, 0.1) is 12.3 Å². The van der Waals surface area contributed by atoms with Crippen molar-refractivity contribution < 1.29 is 9.53 Å². The number of ether oxygens (including phenoxy) is 1. The van der Waals surface area contributed by atoms with Crippen LogP contribution in [0.2, 0.25) is 0 Å². The van der Waals surface area contributed by atoms with Gasteiger partial charge in [-0.2, -0.15) is 0 Å². The molecule has 14 heavy (non-hydrogen) atoms. The van der Waals surface area contributed by atoms with Crippen molar-refractivity contribution >= 4 is 11.5 Å². The number of Topliss-reactive ketones (excluding diaryl/α,β-unsaturated/α-hetero) is 1. The molecule has 70 valence electrons. The number of fused-ring (bicyclic) bond motifs is 1. The first-order valence-corrected chi connectivity index (χ1v) is 4.33. The molecule has 0 amide bonds. The summed E-state index contributed by atoms with van der Waals surface area (Å²) in [5, 5.41) is 3.14. The zero-order valence-corrected chi connectivity index (χ0v) is 7.54. The lowest BCUT2D eigenvalue weighted by molar-refractivity contribution is 0.105. The van der Waals surface area contributed by atoms with Gasteiger partial charge in [0.1, 0.15) is 6.61 Å². The van der Waals surface area contributed by atoms with Gasteiger partial charge >= 0.3 is 0 Å². The Morgan fingerprint density at radius 2 is 2.43 bits per heavy atom. The molecular weight excluding hydrogens is 178 g/mol. The number of anilines is 1. The molecule has 0 radical (unpaired) electrons. The van der Waals surface area contributed by atoms with Crippen LogP contribution in [0.4, 0.5) is 5.69 Å². The fourth-order valence-electron chi connectivity index (χ4n) is 1.43. The predicted molar refractivity (Wildman–Crippen MR) is 53.6 cm³/mol. The first-order valence-electron chi connectivity index (χ1n) is 4.33. The number of nitrogens with one attached hydrogen (secondary N) is 1. The molecular formula is C11H9NO2. The first kappa shape index (κ1) is 8.64. The third-order valence-corrected chi connectivity index (χ3v) is 2.05. The van der Waals surface area contributed by atoms with Crippen molar-refractivity contribution in [2.45, 2.75) is 0 Å². The molecule has 0 spiro atoms. The maximum absolute atomic E-state index is 11.3. The second-order valence-electron chi connectivity index (χ2n) is 2.93. The van der Waals surface area contributed by atoms with Gasteiger partial charge in [0.25, 0.3) is 0 Å². The summed E-state index contributed by atoms with van der Waals surface area (Å²) in [5.74, 6) is 2.31. The van der Waals surface area contributed by atoms with E-state index in [-0.39, 0.29) is 5.78 Å². The number of hydrogen-bond donors (Lipinski definition) is 1.